The van der Waals surface area contributed by atoms with Crippen molar-refractivity contribution in [2.75, 3.05) is 13.1 Å². The lowest BCUT2D eigenvalue weighted by Crippen LogP contribution is -2.58. The summed E-state index contributed by atoms with van der Waals surface area (Å²) >= 11 is 0. The predicted octanol–water partition coefficient (Wildman–Crippen LogP) is -3.50. The van der Waals surface area contributed by atoms with Gasteiger partial charge in [0, 0.05) is 6.42 Å². The Morgan fingerprint density at radius 1 is 0.488 bits per heavy atom. The van der Waals surface area contributed by atoms with Gasteiger partial charge in [0.05, 0.1) is 12.8 Å². The van der Waals surface area contributed by atoms with Gasteiger partial charge in [-0.05, 0) is 58.0 Å². The Bertz CT molecular complexity index is 1040. The number of rotatable bonds is 15. The number of carboxylic acid groups (broad SMARTS) is 3. The van der Waals surface area contributed by atoms with E-state index in [0.29, 0.717) is 25.7 Å². The molecular weight excluding hydrogens is 574 g/mol. The zero-order chi connectivity index (χ0) is 32.5. The molecule has 1 heterocycles. The molecule has 0 bridgehead atoms. The number of aliphatic carboxylic acids is 3. The Kier molecular flexibility index (Phi) is 16.2. The van der Waals surface area contributed by atoms with Crippen LogP contribution in [0, 0.1) is 0 Å². The topological polar surface area (TPSA) is 309 Å². The molecule has 0 aromatic rings. The minimum Gasteiger partial charge on any atom is -0.481 e. The number of nitrogens with two attached hydrogens (primary N) is 2. The number of carbonyl (C=O) groups excluding carboxylic acids is 5. The minimum atomic E-state index is -1.84. The highest BCUT2D eigenvalue weighted by Gasteiger charge is 2.35. The smallest absolute Gasteiger partial charge is 0.305 e. The molecule has 12 N–H and O–H groups in total. The summed E-state index contributed by atoms with van der Waals surface area (Å²) in [6, 6.07) is -7.75. The number of amides is 5. The third kappa shape index (κ3) is 13.9. The highest BCUT2D eigenvalue weighted by atomic mass is 16.4. The van der Waals surface area contributed by atoms with Crippen LogP contribution >= 0.6 is 0 Å². The van der Waals surface area contributed by atoms with E-state index in [-0.39, 0.29) is 25.9 Å². The molecule has 5 amide bonds. The van der Waals surface area contributed by atoms with E-state index in [0.717, 1.165) is 0 Å². The first-order chi connectivity index (χ1) is 20.3. The molecule has 0 unspecified atom stereocenters. The summed E-state index contributed by atoms with van der Waals surface area (Å²) in [6.07, 6.45) is -1.27. The van der Waals surface area contributed by atoms with Crippen LogP contribution in [0.1, 0.15) is 64.2 Å². The summed E-state index contributed by atoms with van der Waals surface area (Å²) in [5.74, 6) is -9.49. The average molecular weight is 616 g/mol. The summed E-state index contributed by atoms with van der Waals surface area (Å²) < 4.78 is 0. The van der Waals surface area contributed by atoms with Crippen molar-refractivity contribution in [1.29, 1.82) is 0 Å². The van der Waals surface area contributed by atoms with E-state index in [4.69, 9.17) is 16.6 Å². The van der Waals surface area contributed by atoms with Gasteiger partial charge in [-0.1, -0.05) is 0 Å². The number of nitrogens with one attached hydrogen (secondary N) is 5. The molecule has 18 heteroatoms. The van der Waals surface area contributed by atoms with Crippen molar-refractivity contribution in [1.82, 2.24) is 26.6 Å². The highest BCUT2D eigenvalue weighted by Crippen LogP contribution is 2.09. The molecule has 0 aromatic heterocycles. The van der Waals surface area contributed by atoms with Gasteiger partial charge in [-0.2, -0.15) is 0 Å². The van der Waals surface area contributed by atoms with Crippen LogP contribution in [-0.2, 0) is 38.4 Å². The molecule has 1 aliphatic heterocycles. The fraction of sp³-hybridized carbons (Fsp3) is 0.680. The average Bonchev–Trinajstić information content (AvgIpc) is 2.92. The molecule has 43 heavy (non-hydrogen) atoms. The first-order valence-electron chi connectivity index (χ1n) is 13.9. The molecule has 0 spiro atoms. The molecule has 242 valence electrons. The lowest BCUT2D eigenvalue weighted by atomic mass is 10.0. The number of unbranched alkanes of at least 4 members (excludes halogenated alkanes) is 2. The van der Waals surface area contributed by atoms with Gasteiger partial charge >= 0.3 is 17.9 Å². The normalized spacial score (nSPS) is 23.9. The first kappa shape index (κ1) is 36.7. The van der Waals surface area contributed by atoms with Crippen molar-refractivity contribution in [2.45, 2.75) is 94.4 Å². The van der Waals surface area contributed by atoms with Crippen molar-refractivity contribution in [3.63, 3.8) is 0 Å². The molecule has 0 aromatic carbocycles. The third-order valence-corrected chi connectivity index (χ3v) is 6.46. The van der Waals surface area contributed by atoms with Crippen molar-refractivity contribution in [3.8, 4) is 0 Å². The van der Waals surface area contributed by atoms with E-state index >= 15 is 0 Å². The van der Waals surface area contributed by atoms with E-state index in [1.165, 1.54) is 0 Å². The second-order valence-electron chi connectivity index (χ2n) is 10.0. The van der Waals surface area contributed by atoms with Crippen LogP contribution in [0.4, 0.5) is 0 Å². The van der Waals surface area contributed by atoms with Crippen molar-refractivity contribution in [3.05, 3.63) is 0 Å². The van der Waals surface area contributed by atoms with Gasteiger partial charge in [-0.25, -0.2) is 0 Å². The molecule has 1 fully saturated rings. The van der Waals surface area contributed by atoms with Crippen LogP contribution in [0.2, 0.25) is 0 Å². The second-order valence-corrected chi connectivity index (χ2v) is 10.0. The lowest BCUT2D eigenvalue weighted by Gasteiger charge is -2.25. The Morgan fingerprint density at radius 2 is 0.791 bits per heavy atom. The van der Waals surface area contributed by atoms with Gasteiger partial charge < -0.3 is 53.4 Å². The van der Waals surface area contributed by atoms with Gasteiger partial charge in [0.1, 0.15) is 30.2 Å². The SMILES string of the molecule is NCCCC[C@@H]1NC(=O)[C@H](CCCCN)NC(=O)[C@H](CC(=O)O)NC(=O)[C@H](CC(=O)O)NC(=O)[C@H](CCC(=O)O)NC1=O. The fourth-order valence-corrected chi connectivity index (χ4v) is 4.19. The van der Waals surface area contributed by atoms with E-state index in [9.17, 15) is 48.6 Å². The quantitative estimate of drug-likeness (QED) is 0.0800. The molecule has 0 radical (unpaired) electrons. The summed E-state index contributed by atoms with van der Waals surface area (Å²) in [7, 11) is 0. The molecule has 5 atom stereocenters. The minimum absolute atomic E-state index is 0.0303. The zero-order valence-corrected chi connectivity index (χ0v) is 23.6. The molecule has 1 aliphatic rings. The second kappa shape index (κ2) is 19.0. The molecule has 1 rings (SSSR count). The fourth-order valence-electron chi connectivity index (χ4n) is 4.19. The highest BCUT2D eigenvalue weighted by molar-refractivity contribution is 5.99. The number of carbonyl (C=O) groups is 8. The maximum absolute atomic E-state index is 13.3. The predicted molar refractivity (Wildman–Crippen MR) is 147 cm³/mol. The molecule has 0 aliphatic carbocycles. The van der Waals surface area contributed by atoms with E-state index in [1.807, 2.05) is 0 Å². The molecule has 0 saturated carbocycles. The van der Waals surface area contributed by atoms with E-state index in [1.54, 1.807) is 0 Å². The first-order valence-corrected chi connectivity index (χ1v) is 13.9. The standard InChI is InChI=1S/C25H41N7O11/c26-9-3-1-5-13-22(40)30-15(7-8-18(33)34)23(41)31-17(12-20(37)38)25(43)32-16(11-19(35)36)24(42)29-14(21(39)28-13)6-2-4-10-27/h13-17H,1-12,26-27H2,(H,28,39)(H,29,42)(H,30,40)(H,31,41)(H,32,43)(H,33,34)(H,35,36)(H,37,38)/t13-,14-,15-,16-,17-/m0/s1. The summed E-state index contributed by atoms with van der Waals surface area (Å²) in [6.45, 7) is 0.550. The maximum Gasteiger partial charge on any atom is 0.305 e. The zero-order valence-electron chi connectivity index (χ0n) is 23.6. The Morgan fingerprint density at radius 3 is 1.09 bits per heavy atom. The largest absolute Gasteiger partial charge is 0.481 e. The van der Waals surface area contributed by atoms with Crippen LogP contribution in [-0.4, -0.2) is 106 Å². The molecule has 18 nitrogen and oxygen atoms in total. The monoisotopic (exact) mass is 615 g/mol. The van der Waals surface area contributed by atoms with Gasteiger partial charge in [-0.15, -0.1) is 0 Å². The Hall–Kier alpha value is -4.32. The van der Waals surface area contributed by atoms with Gasteiger partial charge in [0.25, 0.3) is 0 Å². The summed E-state index contributed by atoms with van der Waals surface area (Å²) in [5.41, 5.74) is 11.1. The van der Waals surface area contributed by atoms with Gasteiger partial charge in [-0.3, -0.25) is 38.4 Å². The number of hydrogen-bond acceptors (Lipinski definition) is 10. The van der Waals surface area contributed by atoms with Crippen LogP contribution in [0.25, 0.3) is 0 Å². The van der Waals surface area contributed by atoms with E-state index in [2.05, 4.69) is 26.6 Å². The summed E-state index contributed by atoms with van der Waals surface area (Å²) in [4.78, 5) is 100. The molecular formula is C25H41N7O11. The van der Waals surface area contributed by atoms with Gasteiger partial charge in [0.15, 0.2) is 0 Å². The van der Waals surface area contributed by atoms with E-state index < -0.39 is 103 Å². The Labute approximate surface area is 247 Å². The molecule has 1 saturated heterocycles. The van der Waals surface area contributed by atoms with Crippen LogP contribution in [0.15, 0.2) is 0 Å². The number of hydrogen-bond donors (Lipinski definition) is 10. The van der Waals surface area contributed by atoms with Crippen molar-refractivity contribution < 1.29 is 53.7 Å². The number of carboxylic acids is 3. The Balaban J connectivity index is 3.60. The van der Waals surface area contributed by atoms with Crippen LogP contribution in [0.3, 0.4) is 0 Å². The summed E-state index contributed by atoms with van der Waals surface area (Å²) in [5, 5.41) is 39.3. The van der Waals surface area contributed by atoms with Crippen molar-refractivity contribution in [2.24, 2.45) is 11.5 Å². The van der Waals surface area contributed by atoms with Crippen LogP contribution in [0.5, 0.6) is 0 Å². The van der Waals surface area contributed by atoms with Gasteiger partial charge in [0.2, 0.25) is 29.5 Å². The lowest BCUT2D eigenvalue weighted by molar-refractivity contribution is -0.143. The maximum atomic E-state index is 13.3. The van der Waals surface area contributed by atoms with Crippen LogP contribution < -0.4 is 38.1 Å². The third-order valence-electron chi connectivity index (χ3n) is 6.46. The van der Waals surface area contributed by atoms with Crippen molar-refractivity contribution >= 4 is 47.4 Å².